The van der Waals surface area contributed by atoms with Crippen LogP contribution in [-0.2, 0) is 9.53 Å². The second-order valence-corrected chi connectivity index (χ2v) is 5.31. The number of ether oxygens (including phenoxy) is 2. The number of hydrogen-bond acceptors (Lipinski definition) is 5. The molecule has 1 aliphatic heterocycles. The molecule has 0 atom stereocenters. The fourth-order valence-corrected chi connectivity index (χ4v) is 2.35. The summed E-state index contributed by atoms with van der Waals surface area (Å²) in [6, 6.07) is 5.48. The fraction of sp³-hybridized carbons (Fsp3) is 0.471. The first kappa shape index (κ1) is 17.3. The minimum atomic E-state index is -0.106. The van der Waals surface area contributed by atoms with E-state index in [0.29, 0.717) is 24.6 Å². The van der Waals surface area contributed by atoms with E-state index in [1.807, 2.05) is 19.1 Å². The van der Waals surface area contributed by atoms with E-state index < -0.39 is 0 Å². The van der Waals surface area contributed by atoms with E-state index in [9.17, 15) is 4.79 Å². The Bertz CT molecular complexity index is 540. The minimum absolute atomic E-state index is 0.106. The van der Waals surface area contributed by atoms with Gasteiger partial charge in [0.1, 0.15) is 5.75 Å². The van der Waals surface area contributed by atoms with E-state index in [1.54, 1.807) is 12.1 Å². The quantitative estimate of drug-likeness (QED) is 0.582. The maximum atomic E-state index is 11.8. The van der Waals surface area contributed by atoms with Crippen molar-refractivity contribution in [1.29, 1.82) is 0 Å². The van der Waals surface area contributed by atoms with Gasteiger partial charge in [0.05, 0.1) is 25.5 Å². The van der Waals surface area contributed by atoms with Crippen molar-refractivity contribution in [3.63, 3.8) is 0 Å². The van der Waals surface area contributed by atoms with E-state index in [4.69, 9.17) is 15.2 Å². The first-order valence-electron chi connectivity index (χ1n) is 7.97. The van der Waals surface area contributed by atoms with Crippen LogP contribution in [0, 0.1) is 0 Å². The summed E-state index contributed by atoms with van der Waals surface area (Å²) >= 11 is 0. The van der Waals surface area contributed by atoms with Crippen LogP contribution in [0.2, 0.25) is 0 Å². The Morgan fingerprint density at radius 1 is 1.43 bits per heavy atom. The Balaban J connectivity index is 1.75. The molecule has 1 aromatic rings. The van der Waals surface area contributed by atoms with Crippen LogP contribution in [0.15, 0.2) is 24.3 Å². The topological polar surface area (TPSA) is 76.8 Å². The van der Waals surface area contributed by atoms with Gasteiger partial charge in [0.15, 0.2) is 0 Å². The fourth-order valence-electron chi connectivity index (χ4n) is 2.35. The molecule has 0 aromatic heterocycles. The average Bonchev–Trinajstić information content (AvgIpc) is 2.56. The average molecular weight is 319 g/mol. The molecule has 0 unspecified atom stereocenters. The summed E-state index contributed by atoms with van der Waals surface area (Å²) in [5.74, 6) is 0.560. The molecule has 6 heteroatoms. The predicted octanol–water partition coefficient (Wildman–Crippen LogP) is 1.13. The lowest BCUT2D eigenvalue weighted by Crippen LogP contribution is -2.41. The molecular weight excluding hydrogens is 294 g/mol. The summed E-state index contributed by atoms with van der Waals surface area (Å²) in [7, 11) is 0. The second-order valence-electron chi connectivity index (χ2n) is 5.31. The van der Waals surface area contributed by atoms with Gasteiger partial charge in [-0.25, -0.2) is 0 Å². The van der Waals surface area contributed by atoms with Crippen LogP contribution in [0.4, 0.5) is 5.69 Å². The number of anilines is 1. The Kier molecular flexibility index (Phi) is 6.90. The number of carbonyl (C=O) groups is 1. The highest BCUT2D eigenvalue weighted by atomic mass is 16.5. The van der Waals surface area contributed by atoms with Crippen LogP contribution in [0.1, 0.15) is 12.5 Å². The Labute approximate surface area is 137 Å². The molecule has 0 spiro atoms. The number of rotatable bonds is 7. The third-order valence-electron chi connectivity index (χ3n) is 3.59. The molecule has 2 rings (SSSR count). The van der Waals surface area contributed by atoms with Crippen molar-refractivity contribution < 1.29 is 14.3 Å². The first-order chi connectivity index (χ1) is 11.2. The standard InChI is InChI=1S/C17H25N3O3/c1-2-23-16-5-3-14(13-15(16)18)4-6-17(21)19-7-8-20-9-11-22-12-10-20/h3-6,13H,2,7-12,18H2,1H3,(H,19,21)/b6-4-. The van der Waals surface area contributed by atoms with Gasteiger partial charge in [-0.1, -0.05) is 6.07 Å². The van der Waals surface area contributed by atoms with Crippen molar-refractivity contribution in [3.05, 3.63) is 29.8 Å². The van der Waals surface area contributed by atoms with Gasteiger partial charge in [-0.3, -0.25) is 9.69 Å². The Morgan fingerprint density at radius 3 is 2.91 bits per heavy atom. The summed E-state index contributed by atoms with van der Waals surface area (Å²) in [5.41, 5.74) is 7.34. The summed E-state index contributed by atoms with van der Waals surface area (Å²) in [6.45, 7) is 7.36. The lowest BCUT2D eigenvalue weighted by molar-refractivity contribution is -0.116. The summed E-state index contributed by atoms with van der Waals surface area (Å²) in [5, 5.41) is 2.88. The van der Waals surface area contributed by atoms with Gasteiger partial charge >= 0.3 is 0 Å². The number of nitrogen functional groups attached to an aromatic ring is 1. The molecule has 0 radical (unpaired) electrons. The van der Waals surface area contributed by atoms with Gasteiger partial charge < -0.3 is 20.5 Å². The van der Waals surface area contributed by atoms with Gasteiger partial charge in [-0.2, -0.15) is 0 Å². The van der Waals surface area contributed by atoms with Gasteiger partial charge in [-0.15, -0.1) is 0 Å². The van der Waals surface area contributed by atoms with E-state index in [2.05, 4.69) is 10.2 Å². The van der Waals surface area contributed by atoms with Crippen LogP contribution in [0.25, 0.3) is 6.08 Å². The zero-order valence-electron chi connectivity index (χ0n) is 13.6. The SMILES string of the molecule is CCOc1ccc(/C=C\C(=O)NCCN2CCOCC2)cc1N. The molecule has 1 heterocycles. The smallest absolute Gasteiger partial charge is 0.244 e. The lowest BCUT2D eigenvalue weighted by atomic mass is 10.1. The number of amides is 1. The van der Waals surface area contributed by atoms with E-state index in [0.717, 1.165) is 38.4 Å². The van der Waals surface area contributed by atoms with Crippen LogP contribution >= 0.6 is 0 Å². The molecule has 0 aliphatic carbocycles. The maximum absolute atomic E-state index is 11.8. The monoisotopic (exact) mass is 319 g/mol. The highest BCUT2D eigenvalue weighted by Gasteiger charge is 2.09. The van der Waals surface area contributed by atoms with Crippen molar-refractivity contribution in [3.8, 4) is 5.75 Å². The molecule has 6 nitrogen and oxygen atoms in total. The third-order valence-corrected chi connectivity index (χ3v) is 3.59. The summed E-state index contributed by atoms with van der Waals surface area (Å²) in [6.07, 6.45) is 3.27. The molecular formula is C17H25N3O3. The van der Waals surface area contributed by atoms with Crippen LogP contribution in [0.5, 0.6) is 5.75 Å². The molecule has 1 saturated heterocycles. The third kappa shape index (κ3) is 5.92. The Morgan fingerprint density at radius 2 is 2.22 bits per heavy atom. The number of nitrogens with one attached hydrogen (secondary N) is 1. The van der Waals surface area contributed by atoms with Crippen molar-refractivity contribution in [2.24, 2.45) is 0 Å². The number of morpholine rings is 1. The molecule has 3 N–H and O–H groups in total. The normalized spacial score (nSPS) is 15.7. The summed E-state index contributed by atoms with van der Waals surface area (Å²) < 4.78 is 10.7. The number of nitrogens with two attached hydrogens (primary N) is 1. The van der Waals surface area contributed by atoms with E-state index >= 15 is 0 Å². The van der Waals surface area contributed by atoms with Gasteiger partial charge in [0.25, 0.3) is 0 Å². The molecule has 0 saturated carbocycles. The van der Waals surface area contributed by atoms with Crippen LogP contribution < -0.4 is 15.8 Å². The van der Waals surface area contributed by atoms with E-state index in [-0.39, 0.29) is 5.91 Å². The number of hydrogen-bond donors (Lipinski definition) is 2. The van der Waals surface area contributed by atoms with Crippen molar-refractivity contribution in [2.75, 3.05) is 51.7 Å². The van der Waals surface area contributed by atoms with Crippen LogP contribution in [-0.4, -0.2) is 56.8 Å². The molecule has 23 heavy (non-hydrogen) atoms. The van der Waals surface area contributed by atoms with Gasteiger partial charge in [0, 0.05) is 32.3 Å². The predicted molar refractivity (Wildman–Crippen MR) is 91.3 cm³/mol. The molecule has 1 amide bonds. The Hall–Kier alpha value is -2.05. The minimum Gasteiger partial charge on any atom is -0.492 e. The summed E-state index contributed by atoms with van der Waals surface area (Å²) in [4.78, 5) is 14.1. The van der Waals surface area contributed by atoms with Gasteiger partial charge in [-0.05, 0) is 30.7 Å². The number of nitrogens with zero attached hydrogens (tertiary/aromatic N) is 1. The first-order valence-corrected chi connectivity index (χ1v) is 7.97. The molecule has 0 bridgehead atoms. The highest BCUT2D eigenvalue weighted by Crippen LogP contribution is 2.22. The van der Waals surface area contributed by atoms with Crippen molar-refractivity contribution >= 4 is 17.7 Å². The number of carbonyl (C=O) groups excluding carboxylic acids is 1. The molecule has 1 aromatic carbocycles. The second kappa shape index (κ2) is 9.17. The zero-order valence-corrected chi connectivity index (χ0v) is 13.6. The maximum Gasteiger partial charge on any atom is 0.244 e. The molecule has 1 fully saturated rings. The largest absolute Gasteiger partial charge is 0.492 e. The lowest BCUT2D eigenvalue weighted by Gasteiger charge is -2.26. The molecule has 1 aliphatic rings. The van der Waals surface area contributed by atoms with Gasteiger partial charge in [0.2, 0.25) is 5.91 Å². The van der Waals surface area contributed by atoms with Crippen LogP contribution in [0.3, 0.4) is 0 Å². The van der Waals surface area contributed by atoms with E-state index in [1.165, 1.54) is 6.08 Å². The zero-order chi connectivity index (χ0) is 16.5. The van der Waals surface area contributed by atoms with Crippen molar-refractivity contribution in [2.45, 2.75) is 6.92 Å². The van der Waals surface area contributed by atoms with Crippen molar-refractivity contribution in [1.82, 2.24) is 10.2 Å². The highest BCUT2D eigenvalue weighted by molar-refractivity contribution is 5.91. The number of benzene rings is 1. The molecule has 126 valence electrons.